The zero-order valence-corrected chi connectivity index (χ0v) is 14.6. The Morgan fingerprint density at radius 3 is 2.56 bits per heavy atom. The van der Waals surface area contributed by atoms with Crippen LogP contribution >= 0.6 is 11.6 Å². The van der Waals surface area contributed by atoms with Gasteiger partial charge in [-0.3, -0.25) is 4.79 Å². The second-order valence-electron chi connectivity index (χ2n) is 5.83. The van der Waals surface area contributed by atoms with E-state index < -0.39 is 23.7 Å². The highest BCUT2D eigenvalue weighted by atomic mass is 35.5. The second kappa shape index (κ2) is 7.57. The van der Waals surface area contributed by atoms with Crippen LogP contribution in [0.1, 0.15) is 53.2 Å². The molecule has 0 spiro atoms. The van der Waals surface area contributed by atoms with Crippen molar-refractivity contribution in [3.05, 3.63) is 57.9 Å². The summed E-state index contributed by atoms with van der Waals surface area (Å²) in [6.45, 7) is 5.22. The number of carboxylic acid groups (broad SMARTS) is 1. The van der Waals surface area contributed by atoms with Crippen LogP contribution in [-0.4, -0.2) is 27.0 Å². The second-order valence-corrected chi connectivity index (χ2v) is 6.24. The number of amides is 1. The van der Waals surface area contributed by atoms with Crippen molar-refractivity contribution in [2.45, 2.75) is 32.7 Å². The number of halogens is 2. The maximum Gasteiger partial charge on any atom is 0.330 e. The third-order valence-corrected chi connectivity index (χ3v) is 3.81. The van der Waals surface area contributed by atoms with Crippen molar-refractivity contribution in [3.63, 3.8) is 0 Å². The van der Waals surface area contributed by atoms with Gasteiger partial charge >= 0.3 is 5.97 Å². The molecule has 6 nitrogen and oxygen atoms in total. The fourth-order valence-corrected chi connectivity index (χ4v) is 2.33. The molecule has 0 aliphatic heterocycles. The van der Waals surface area contributed by atoms with E-state index in [1.54, 1.807) is 0 Å². The van der Waals surface area contributed by atoms with Gasteiger partial charge in [0, 0.05) is 5.92 Å². The van der Waals surface area contributed by atoms with Gasteiger partial charge in [-0.25, -0.2) is 19.2 Å². The van der Waals surface area contributed by atoms with Gasteiger partial charge in [-0.2, -0.15) is 0 Å². The SMILES string of the molecule is Cc1cc(C(NC(=O)c2nc(C(C)C)ncc2Cl)C(=O)O)ccc1F. The number of nitrogens with one attached hydrogen (secondary N) is 1. The number of aliphatic carboxylic acids is 1. The summed E-state index contributed by atoms with van der Waals surface area (Å²) in [5, 5.41) is 11.8. The van der Waals surface area contributed by atoms with E-state index in [1.165, 1.54) is 25.3 Å². The van der Waals surface area contributed by atoms with E-state index >= 15 is 0 Å². The molecule has 1 amide bonds. The number of carbonyl (C=O) groups excluding carboxylic acids is 1. The number of benzene rings is 1. The molecule has 1 heterocycles. The monoisotopic (exact) mass is 365 g/mol. The summed E-state index contributed by atoms with van der Waals surface area (Å²) in [7, 11) is 0. The topological polar surface area (TPSA) is 92.2 Å². The van der Waals surface area contributed by atoms with Crippen LogP contribution in [0.4, 0.5) is 4.39 Å². The average Bonchev–Trinajstić information content (AvgIpc) is 2.55. The van der Waals surface area contributed by atoms with Crippen LogP contribution in [0.5, 0.6) is 0 Å². The lowest BCUT2D eigenvalue weighted by Gasteiger charge is -2.16. The summed E-state index contributed by atoms with van der Waals surface area (Å²) in [5.41, 5.74) is 0.416. The molecular weight excluding hydrogens is 349 g/mol. The molecule has 0 saturated heterocycles. The largest absolute Gasteiger partial charge is 0.479 e. The fraction of sp³-hybridized carbons (Fsp3) is 0.294. The Hall–Kier alpha value is -2.54. The number of carbonyl (C=O) groups is 2. The van der Waals surface area contributed by atoms with E-state index in [-0.39, 0.29) is 27.8 Å². The summed E-state index contributed by atoms with van der Waals surface area (Å²) in [6.07, 6.45) is 1.30. The van der Waals surface area contributed by atoms with Crippen LogP contribution < -0.4 is 5.32 Å². The molecule has 0 aliphatic carbocycles. The predicted octanol–water partition coefficient (Wildman–Crippen LogP) is 3.26. The van der Waals surface area contributed by atoms with Crippen molar-refractivity contribution in [1.29, 1.82) is 0 Å². The molecule has 2 aromatic rings. The summed E-state index contributed by atoms with van der Waals surface area (Å²) in [6, 6.07) is 2.47. The lowest BCUT2D eigenvalue weighted by atomic mass is 10.0. The molecule has 25 heavy (non-hydrogen) atoms. The van der Waals surface area contributed by atoms with Crippen LogP contribution in [0.15, 0.2) is 24.4 Å². The maximum atomic E-state index is 13.4. The van der Waals surface area contributed by atoms with Crippen LogP contribution in [0.3, 0.4) is 0 Å². The maximum absolute atomic E-state index is 13.4. The summed E-state index contributed by atoms with van der Waals surface area (Å²) < 4.78 is 13.4. The number of hydrogen-bond acceptors (Lipinski definition) is 4. The minimum Gasteiger partial charge on any atom is -0.479 e. The zero-order valence-electron chi connectivity index (χ0n) is 13.9. The molecule has 1 aromatic heterocycles. The van der Waals surface area contributed by atoms with Gasteiger partial charge in [-0.1, -0.05) is 37.6 Å². The molecule has 0 fully saturated rings. The van der Waals surface area contributed by atoms with Gasteiger partial charge in [0.25, 0.3) is 5.91 Å². The van der Waals surface area contributed by atoms with Crippen LogP contribution in [0.25, 0.3) is 0 Å². The molecule has 8 heteroatoms. The molecule has 0 saturated carbocycles. The van der Waals surface area contributed by atoms with Gasteiger partial charge in [0.2, 0.25) is 0 Å². The first-order valence-corrected chi connectivity index (χ1v) is 7.90. The quantitative estimate of drug-likeness (QED) is 0.848. The zero-order chi connectivity index (χ0) is 18.7. The highest BCUT2D eigenvalue weighted by Gasteiger charge is 2.25. The van der Waals surface area contributed by atoms with Gasteiger partial charge in [0.15, 0.2) is 6.04 Å². The van der Waals surface area contributed by atoms with Gasteiger partial charge in [0.1, 0.15) is 17.3 Å². The van der Waals surface area contributed by atoms with E-state index in [4.69, 9.17) is 11.6 Å². The van der Waals surface area contributed by atoms with Crippen molar-refractivity contribution < 1.29 is 19.1 Å². The first kappa shape index (κ1) is 18.8. The number of nitrogens with zero attached hydrogens (tertiary/aromatic N) is 2. The lowest BCUT2D eigenvalue weighted by Crippen LogP contribution is -2.34. The molecule has 1 unspecified atom stereocenters. The van der Waals surface area contributed by atoms with E-state index in [0.717, 1.165) is 6.07 Å². The average molecular weight is 366 g/mol. The van der Waals surface area contributed by atoms with E-state index in [1.807, 2.05) is 13.8 Å². The smallest absolute Gasteiger partial charge is 0.330 e. The summed E-state index contributed by atoms with van der Waals surface area (Å²) in [5.74, 6) is -2.10. The molecule has 0 aliphatic rings. The molecule has 1 aromatic carbocycles. The summed E-state index contributed by atoms with van der Waals surface area (Å²) in [4.78, 5) is 32.1. The van der Waals surface area contributed by atoms with Gasteiger partial charge in [0.05, 0.1) is 11.2 Å². The van der Waals surface area contributed by atoms with Crippen molar-refractivity contribution in [2.24, 2.45) is 0 Å². The summed E-state index contributed by atoms with van der Waals surface area (Å²) >= 11 is 5.97. The van der Waals surface area contributed by atoms with Crippen molar-refractivity contribution in [1.82, 2.24) is 15.3 Å². The standard InChI is InChI=1S/C17H17ClFN3O3/c1-8(2)15-20-7-11(18)14(21-15)16(23)22-13(17(24)25)10-4-5-12(19)9(3)6-10/h4-8,13H,1-3H3,(H,22,23)(H,24,25). The molecule has 0 bridgehead atoms. The van der Waals surface area contributed by atoms with Crippen molar-refractivity contribution in [2.75, 3.05) is 0 Å². The highest BCUT2D eigenvalue weighted by molar-refractivity contribution is 6.33. The Kier molecular flexibility index (Phi) is 5.69. The first-order valence-electron chi connectivity index (χ1n) is 7.52. The highest BCUT2D eigenvalue weighted by Crippen LogP contribution is 2.20. The lowest BCUT2D eigenvalue weighted by molar-refractivity contribution is -0.139. The van der Waals surface area contributed by atoms with Gasteiger partial charge < -0.3 is 10.4 Å². The Morgan fingerprint density at radius 1 is 1.32 bits per heavy atom. The van der Waals surface area contributed by atoms with Crippen molar-refractivity contribution in [3.8, 4) is 0 Å². The third-order valence-electron chi connectivity index (χ3n) is 3.53. The van der Waals surface area contributed by atoms with Gasteiger partial charge in [-0.15, -0.1) is 0 Å². The molecule has 2 N–H and O–H groups in total. The molecular formula is C17H17ClFN3O3. The molecule has 1 atom stereocenters. The Morgan fingerprint density at radius 2 is 2.00 bits per heavy atom. The Labute approximate surface area is 149 Å². The predicted molar refractivity (Wildman–Crippen MR) is 90.1 cm³/mol. The number of rotatable bonds is 5. The molecule has 0 radical (unpaired) electrons. The Balaban J connectivity index is 2.34. The number of aryl methyl sites for hydroxylation is 1. The third kappa shape index (κ3) is 4.30. The van der Waals surface area contributed by atoms with E-state index in [9.17, 15) is 19.1 Å². The van der Waals surface area contributed by atoms with E-state index in [2.05, 4.69) is 15.3 Å². The normalized spacial score (nSPS) is 12.1. The number of hydrogen-bond donors (Lipinski definition) is 2. The minimum atomic E-state index is -1.36. The number of carboxylic acids is 1. The molecule has 132 valence electrons. The van der Waals surface area contributed by atoms with Crippen molar-refractivity contribution >= 4 is 23.5 Å². The number of aromatic nitrogens is 2. The van der Waals surface area contributed by atoms with Crippen LogP contribution in [-0.2, 0) is 4.79 Å². The van der Waals surface area contributed by atoms with E-state index in [0.29, 0.717) is 5.82 Å². The molecule has 2 rings (SSSR count). The van der Waals surface area contributed by atoms with Crippen LogP contribution in [0, 0.1) is 12.7 Å². The minimum absolute atomic E-state index is 0.0151. The van der Waals surface area contributed by atoms with Crippen LogP contribution in [0.2, 0.25) is 5.02 Å². The fourth-order valence-electron chi connectivity index (χ4n) is 2.15. The Bertz CT molecular complexity index is 827. The first-order chi connectivity index (χ1) is 11.7. The van der Waals surface area contributed by atoms with Gasteiger partial charge in [-0.05, 0) is 24.1 Å².